The van der Waals surface area contributed by atoms with Gasteiger partial charge in [0.2, 0.25) is 5.91 Å². The molecular formula is C13H15NO. The quantitative estimate of drug-likeness (QED) is 0.743. The molecule has 2 nitrogen and oxygen atoms in total. The van der Waals surface area contributed by atoms with E-state index in [4.69, 9.17) is 0 Å². The van der Waals surface area contributed by atoms with Crippen molar-refractivity contribution in [3.63, 3.8) is 0 Å². The zero-order valence-corrected chi connectivity index (χ0v) is 9.13. The zero-order chi connectivity index (χ0) is 10.6. The van der Waals surface area contributed by atoms with E-state index in [1.54, 1.807) is 0 Å². The first-order valence-electron chi connectivity index (χ1n) is 5.55. The maximum absolute atomic E-state index is 11.8. The Morgan fingerprint density at radius 1 is 1.33 bits per heavy atom. The number of hydrogen-bond acceptors (Lipinski definition) is 1. The number of nitrogens with one attached hydrogen (secondary N) is 1. The lowest BCUT2D eigenvalue weighted by molar-refractivity contribution is -0.119. The number of rotatable bonds is 1. The highest BCUT2D eigenvalue weighted by molar-refractivity contribution is 6.06. The summed E-state index contributed by atoms with van der Waals surface area (Å²) in [5, 5.41) is 3.04. The van der Waals surface area contributed by atoms with Crippen molar-refractivity contribution in [3.8, 4) is 0 Å². The molecule has 1 aliphatic heterocycles. The third-order valence-corrected chi connectivity index (χ3v) is 3.59. The van der Waals surface area contributed by atoms with E-state index < -0.39 is 0 Å². The molecule has 15 heavy (non-hydrogen) atoms. The van der Waals surface area contributed by atoms with Crippen molar-refractivity contribution in [1.29, 1.82) is 0 Å². The maximum Gasteiger partial charge on any atom is 0.234 e. The van der Waals surface area contributed by atoms with Crippen LogP contribution in [0, 0.1) is 0 Å². The Morgan fingerprint density at radius 2 is 2.07 bits per heavy atom. The van der Waals surface area contributed by atoms with Crippen molar-refractivity contribution < 1.29 is 4.79 Å². The molecule has 1 saturated carbocycles. The van der Waals surface area contributed by atoms with Crippen LogP contribution in [0.25, 0.3) is 0 Å². The van der Waals surface area contributed by atoms with Crippen LogP contribution in [-0.4, -0.2) is 5.91 Å². The van der Waals surface area contributed by atoms with Gasteiger partial charge in [0.25, 0.3) is 0 Å². The van der Waals surface area contributed by atoms with Crippen LogP contribution >= 0.6 is 0 Å². The second kappa shape index (κ2) is 2.63. The lowest BCUT2D eigenvalue weighted by Crippen LogP contribution is -2.26. The number of amides is 1. The topological polar surface area (TPSA) is 29.1 Å². The molecular weight excluding hydrogens is 186 g/mol. The highest BCUT2D eigenvalue weighted by atomic mass is 16.2. The first-order chi connectivity index (χ1) is 7.10. The molecule has 2 aliphatic rings. The number of carbonyl (C=O) groups is 1. The molecule has 0 bridgehead atoms. The van der Waals surface area contributed by atoms with E-state index in [2.05, 4.69) is 23.5 Å². The molecule has 0 saturated heterocycles. The summed E-state index contributed by atoms with van der Waals surface area (Å²) in [6, 6.07) is 6.30. The molecule has 2 heteroatoms. The van der Waals surface area contributed by atoms with Gasteiger partial charge in [0.15, 0.2) is 0 Å². The SMILES string of the molecule is CC1(C)C(=O)Nc2c(C3CC3)cccc21. The second-order valence-corrected chi connectivity index (χ2v) is 5.12. The van der Waals surface area contributed by atoms with E-state index >= 15 is 0 Å². The Bertz CT molecular complexity index is 444. The van der Waals surface area contributed by atoms with Crippen molar-refractivity contribution in [2.75, 3.05) is 5.32 Å². The van der Waals surface area contributed by atoms with E-state index in [1.165, 1.54) is 18.4 Å². The molecule has 1 heterocycles. The van der Waals surface area contributed by atoms with Crippen LogP contribution in [-0.2, 0) is 10.2 Å². The first kappa shape index (κ1) is 8.96. The second-order valence-electron chi connectivity index (χ2n) is 5.12. The first-order valence-corrected chi connectivity index (χ1v) is 5.55. The van der Waals surface area contributed by atoms with Gasteiger partial charge in [0.05, 0.1) is 5.41 Å². The summed E-state index contributed by atoms with van der Waals surface area (Å²) in [6.45, 7) is 3.98. The van der Waals surface area contributed by atoms with Crippen molar-refractivity contribution >= 4 is 11.6 Å². The van der Waals surface area contributed by atoms with Crippen LogP contribution in [0.3, 0.4) is 0 Å². The number of benzene rings is 1. The van der Waals surface area contributed by atoms with Gasteiger partial charge in [-0.25, -0.2) is 0 Å². The number of fused-ring (bicyclic) bond motifs is 1. The molecule has 3 rings (SSSR count). The van der Waals surface area contributed by atoms with Crippen molar-refractivity contribution in [2.45, 2.75) is 38.0 Å². The smallest absolute Gasteiger partial charge is 0.234 e. The van der Waals surface area contributed by atoms with E-state index in [0.29, 0.717) is 5.92 Å². The third-order valence-electron chi connectivity index (χ3n) is 3.59. The van der Waals surface area contributed by atoms with E-state index in [0.717, 1.165) is 11.3 Å². The van der Waals surface area contributed by atoms with E-state index in [9.17, 15) is 4.79 Å². The Morgan fingerprint density at radius 3 is 2.73 bits per heavy atom. The van der Waals surface area contributed by atoms with Crippen LogP contribution in [0.5, 0.6) is 0 Å². The summed E-state index contributed by atoms with van der Waals surface area (Å²) in [5.41, 5.74) is 3.23. The molecule has 1 N–H and O–H groups in total. The average molecular weight is 201 g/mol. The van der Waals surface area contributed by atoms with Crippen molar-refractivity contribution in [1.82, 2.24) is 0 Å². The predicted molar refractivity (Wildman–Crippen MR) is 60.1 cm³/mol. The Balaban J connectivity index is 2.18. The number of para-hydroxylation sites is 1. The van der Waals surface area contributed by atoms with Crippen LogP contribution in [0.15, 0.2) is 18.2 Å². The summed E-state index contributed by atoms with van der Waals surface area (Å²) in [5.74, 6) is 0.819. The minimum Gasteiger partial charge on any atom is -0.325 e. The fraction of sp³-hybridized carbons (Fsp3) is 0.462. The van der Waals surface area contributed by atoms with Gasteiger partial charge in [0, 0.05) is 5.69 Å². The molecule has 1 aromatic rings. The number of carbonyl (C=O) groups excluding carboxylic acids is 1. The van der Waals surface area contributed by atoms with Crippen LogP contribution in [0.1, 0.15) is 43.7 Å². The lowest BCUT2D eigenvalue weighted by atomic mass is 9.85. The molecule has 1 fully saturated rings. The molecule has 0 unspecified atom stereocenters. The summed E-state index contributed by atoms with van der Waals surface area (Å²) < 4.78 is 0. The van der Waals surface area contributed by atoms with Gasteiger partial charge in [-0.1, -0.05) is 18.2 Å². The summed E-state index contributed by atoms with van der Waals surface area (Å²) in [6.07, 6.45) is 2.54. The van der Waals surface area contributed by atoms with Crippen LogP contribution in [0.2, 0.25) is 0 Å². The van der Waals surface area contributed by atoms with Gasteiger partial charge in [-0.3, -0.25) is 4.79 Å². The third kappa shape index (κ3) is 1.14. The zero-order valence-electron chi connectivity index (χ0n) is 9.13. The van der Waals surface area contributed by atoms with Gasteiger partial charge in [0.1, 0.15) is 0 Å². The number of hydrogen-bond donors (Lipinski definition) is 1. The van der Waals surface area contributed by atoms with Gasteiger partial charge in [-0.05, 0) is 43.7 Å². The highest BCUT2D eigenvalue weighted by Crippen LogP contribution is 2.48. The fourth-order valence-electron chi connectivity index (χ4n) is 2.36. The van der Waals surface area contributed by atoms with Gasteiger partial charge in [-0.15, -0.1) is 0 Å². The highest BCUT2D eigenvalue weighted by Gasteiger charge is 2.41. The average Bonchev–Trinajstić information content (AvgIpc) is 2.97. The predicted octanol–water partition coefficient (Wildman–Crippen LogP) is 2.79. The molecule has 0 radical (unpaired) electrons. The van der Waals surface area contributed by atoms with E-state index in [1.807, 2.05) is 13.8 Å². The van der Waals surface area contributed by atoms with Gasteiger partial charge >= 0.3 is 0 Å². The Labute approximate surface area is 89.7 Å². The molecule has 0 atom stereocenters. The molecule has 0 aromatic heterocycles. The molecule has 1 aliphatic carbocycles. The molecule has 1 aromatic carbocycles. The maximum atomic E-state index is 11.8. The molecule has 0 spiro atoms. The fourth-order valence-corrected chi connectivity index (χ4v) is 2.36. The van der Waals surface area contributed by atoms with Gasteiger partial charge in [-0.2, -0.15) is 0 Å². The normalized spacial score (nSPS) is 22.4. The van der Waals surface area contributed by atoms with Crippen LogP contribution < -0.4 is 5.32 Å². The Kier molecular flexibility index (Phi) is 1.57. The van der Waals surface area contributed by atoms with Crippen molar-refractivity contribution in [2.24, 2.45) is 0 Å². The summed E-state index contributed by atoms with van der Waals surface area (Å²) in [4.78, 5) is 11.8. The summed E-state index contributed by atoms with van der Waals surface area (Å²) in [7, 11) is 0. The monoisotopic (exact) mass is 201 g/mol. The Hall–Kier alpha value is -1.31. The largest absolute Gasteiger partial charge is 0.325 e. The molecule has 1 amide bonds. The van der Waals surface area contributed by atoms with E-state index in [-0.39, 0.29) is 11.3 Å². The van der Waals surface area contributed by atoms with Gasteiger partial charge < -0.3 is 5.32 Å². The summed E-state index contributed by atoms with van der Waals surface area (Å²) >= 11 is 0. The lowest BCUT2D eigenvalue weighted by Gasteiger charge is -2.15. The number of anilines is 1. The van der Waals surface area contributed by atoms with Crippen molar-refractivity contribution in [3.05, 3.63) is 29.3 Å². The molecule has 78 valence electrons. The minimum atomic E-state index is -0.361. The standard InChI is InChI=1S/C13H15NO/c1-13(2)10-5-3-4-9(8-6-7-8)11(10)14-12(13)15/h3-5,8H,6-7H2,1-2H3,(H,14,15). The minimum absolute atomic E-state index is 0.130. The van der Waals surface area contributed by atoms with Crippen LogP contribution in [0.4, 0.5) is 5.69 Å².